The number of benzene rings is 2. The number of alkyl halides is 1. The van der Waals surface area contributed by atoms with Crippen LogP contribution in [-0.4, -0.2) is 6.26 Å². The van der Waals surface area contributed by atoms with Crippen molar-refractivity contribution >= 4 is 46.6 Å². The Bertz CT molecular complexity index is 569. The summed E-state index contributed by atoms with van der Waals surface area (Å²) in [7, 11) is 0. The first-order valence-electron chi connectivity index (χ1n) is 5.82. The predicted octanol–water partition coefficient (Wildman–Crippen LogP) is 6.24. The van der Waals surface area contributed by atoms with Crippen LogP contribution in [-0.2, 0) is 6.42 Å². The first-order valence-corrected chi connectivity index (χ1v) is 8.24. The Morgan fingerprint density at radius 2 is 1.79 bits per heavy atom. The number of rotatable bonds is 4. The summed E-state index contributed by atoms with van der Waals surface area (Å²) in [6.45, 7) is 0. The summed E-state index contributed by atoms with van der Waals surface area (Å²) in [4.78, 5) is 1.21. The smallest absolute Gasteiger partial charge is 0.0636 e. The van der Waals surface area contributed by atoms with Crippen molar-refractivity contribution < 1.29 is 0 Å². The van der Waals surface area contributed by atoms with Gasteiger partial charge in [0, 0.05) is 4.90 Å². The van der Waals surface area contributed by atoms with Gasteiger partial charge in [0.05, 0.1) is 15.4 Å². The van der Waals surface area contributed by atoms with Gasteiger partial charge in [-0.1, -0.05) is 47.5 Å². The standard InChI is InChI=1S/C15H13Cl3S/c1-19-15-5-3-2-4-11(15)13(17)8-10-6-7-12(16)14(18)9-10/h2-7,9,13H,8H2,1H3. The molecular weight excluding hydrogens is 319 g/mol. The third kappa shape index (κ3) is 3.82. The predicted molar refractivity (Wildman–Crippen MR) is 87.0 cm³/mol. The number of hydrogen-bond acceptors (Lipinski definition) is 1. The van der Waals surface area contributed by atoms with E-state index in [4.69, 9.17) is 34.8 Å². The highest BCUT2D eigenvalue weighted by Crippen LogP contribution is 2.33. The quantitative estimate of drug-likeness (QED) is 0.472. The van der Waals surface area contributed by atoms with Crippen molar-refractivity contribution in [2.75, 3.05) is 6.26 Å². The fourth-order valence-corrected chi connectivity index (χ4v) is 3.32. The van der Waals surface area contributed by atoms with Crippen LogP contribution in [0.25, 0.3) is 0 Å². The van der Waals surface area contributed by atoms with Crippen molar-refractivity contribution in [1.82, 2.24) is 0 Å². The first kappa shape index (κ1) is 15.1. The lowest BCUT2D eigenvalue weighted by molar-refractivity contribution is 0.897. The number of halogens is 3. The molecule has 1 unspecified atom stereocenters. The van der Waals surface area contributed by atoms with E-state index in [1.165, 1.54) is 4.90 Å². The molecule has 0 amide bonds. The van der Waals surface area contributed by atoms with Crippen LogP contribution in [0.4, 0.5) is 0 Å². The van der Waals surface area contributed by atoms with Gasteiger partial charge in [0.2, 0.25) is 0 Å². The number of hydrogen-bond donors (Lipinski definition) is 0. The maximum atomic E-state index is 6.53. The minimum atomic E-state index is -0.0686. The van der Waals surface area contributed by atoms with Gasteiger partial charge in [-0.25, -0.2) is 0 Å². The maximum Gasteiger partial charge on any atom is 0.0636 e. The highest BCUT2D eigenvalue weighted by molar-refractivity contribution is 7.98. The maximum absolute atomic E-state index is 6.53. The van der Waals surface area contributed by atoms with E-state index < -0.39 is 0 Å². The Balaban J connectivity index is 2.20. The highest BCUT2D eigenvalue weighted by atomic mass is 35.5. The molecule has 0 aliphatic rings. The molecule has 0 bridgehead atoms. The Morgan fingerprint density at radius 1 is 1.05 bits per heavy atom. The fourth-order valence-electron chi connectivity index (χ4n) is 1.91. The molecule has 100 valence electrons. The van der Waals surface area contributed by atoms with Gasteiger partial charge in [-0.05, 0) is 42.0 Å². The van der Waals surface area contributed by atoms with Crippen molar-refractivity contribution in [2.45, 2.75) is 16.7 Å². The normalized spacial score (nSPS) is 12.4. The topological polar surface area (TPSA) is 0 Å². The summed E-state index contributed by atoms with van der Waals surface area (Å²) >= 11 is 20.2. The molecule has 0 spiro atoms. The van der Waals surface area contributed by atoms with Crippen LogP contribution >= 0.6 is 46.6 Å². The molecule has 0 saturated heterocycles. The monoisotopic (exact) mass is 330 g/mol. The average molecular weight is 332 g/mol. The minimum Gasteiger partial charge on any atom is -0.129 e. The lowest BCUT2D eigenvalue weighted by atomic mass is 10.0. The van der Waals surface area contributed by atoms with Crippen LogP contribution in [0, 0.1) is 0 Å². The molecule has 0 heterocycles. The average Bonchev–Trinajstić information content (AvgIpc) is 2.43. The van der Waals surface area contributed by atoms with E-state index in [9.17, 15) is 0 Å². The fraction of sp³-hybridized carbons (Fsp3) is 0.200. The van der Waals surface area contributed by atoms with Crippen LogP contribution in [0.5, 0.6) is 0 Å². The Labute approximate surface area is 133 Å². The Hall–Kier alpha value is -0.340. The van der Waals surface area contributed by atoms with Gasteiger partial charge in [0.1, 0.15) is 0 Å². The van der Waals surface area contributed by atoms with Crippen LogP contribution in [0.1, 0.15) is 16.5 Å². The molecule has 0 saturated carbocycles. The molecule has 0 aromatic heterocycles. The third-order valence-electron chi connectivity index (χ3n) is 2.88. The summed E-state index contributed by atoms with van der Waals surface area (Å²) in [5.74, 6) is 0. The van der Waals surface area contributed by atoms with Crippen LogP contribution in [0.15, 0.2) is 47.4 Å². The Kier molecular flexibility index (Phi) is 5.47. The zero-order valence-electron chi connectivity index (χ0n) is 10.4. The number of thioether (sulfide) groups is 1. The summed E-state index contributed by atoms with van der Waals surface area (Å²) in [6, 6.07) is 13.8. The zero-order chi connectivity index (χ0) is 13.8. The lowest BCUT2D eigenvalue weighted by Crippen LogP contribution is -1.97. The molecule has 1 atom stereocenters. The van der Waals surface area contributed by atoms with E-state index in [-0.39, 0.29) is 5.38 Å². The third-order valence-corrected chi connectivity index (χ3v) is 4.82. The van der Waals surface area contributed by atoms with Crippen LogP contribution < -0.4 is 0 Å². The van der Waals surface area contributed by atoms with Crippen molar-refractivity contribution in [3.63, 3.8) is 0 Å². The van der Waals surface area contributed by atoms with Gasteiger partial charge < -0.3 is 0 Å². The molecule has 0 fully saturated rings. The molecule has 0 nitrogen and oxygen atoms in total. The SMILES string of the molecule is CSc1ccccc1C(Cl)Cc1ccc(Cl)c(Cl)c1. The minimum absolute atomic E-state index is 0.0686. The first-order chi connectivity index (χ1) is 9.11. The summed E-state index contributed by atoms with van der Waals surface area (Å²) in [5.41, 5.74) is 2.24. The molecule has 2 rings (SSSR count). The molecule has 19 heavy (non-hydrogen) atoms. The second kappa shape index (κ2) is 6.90. The van der Waals surface area contributed by atoms with E-state index in [1.807, 2.05) is 30.3 Å². The molecule has 2 aromatic rings. The van der Waals surface area contributed by atoms with Crippen molar-refractivity contribution in [1.29, 1.82) is 0 Å². The second-order valence-corrected chi connectivity index (χ2v) is 6.35. The van der Waals surface area contributed by atoms with Crippen molar-refractivity contribution in [3.05, 3.63) is 63.6 Å². The van der Waals surface area contributed by atoms with Crippen LogP contribution in [0.3, 0.4) is 0 Å². The van der Waals surface area contributed by atoms with Gasteiger partial charge in [-0.3, -0.25) is 0 Å². The summed E-state index contributed by atoms with van der Waals surface area (Å²) < 4.78 is 0. The molecule has 0 aliphatic heterocycles. The van der Waals surface area contributed by atoms with Gasteiger partial charge in [-0.2, -0.15) is 0 Å². The van der Waals surface area contributed by atoms with Crippen molar-refractivity contribution in [3.8, 4) is 0 Å². The van der Waals surface area contributed by atoms with Gasteiger partial charge >= 0.3 is 0 Å². The van der Waals surface area contributed by atoms with E-state index in [0.717, 1.165) is 17.5 Å². The molecule has 2 aromatic carbocycles. The van der Waals surface area contributed by atoms with Gasteiger partial charge in [0.25, 0.3) is 0 Å². The molecule has 4 heteroatoms. The van der Waals surface area contributed by atoms with E-state index >= 15 is 0 Å². The van der Waals surface area contributed by atoms with E-state index in [2.05, 4.69) is 18.4 Å². The summed E-state index contributed by atoms with van der Waals surface area (Å²) in [5, 5.41) is 1.07. The lowest BCUT2D eigenvalue weighted by Gasteiger charge is -2.14. The van der Waals surface area contributed by atoms with E-state index in [0.29, 0.717) is 10.0 Å². The zero-order valence-corrected chi connectivity index (χ0v) is 13.5. The van der Waals surface area contributed by atoms with Crippen LogP contribution in [0.2, 0.25) is 10.0 Å². The van der Waals surface area contributed by atoms with Gasteiger partial charge in [-0.15, -0.1) is 23.4 Å². The highest BCUT2D eigenvalue weighted by Gasteiger charge is 2.13. The van der Waals surface area contributed by atoms with E-state index in [1.54, 1.807) is 11.8 Å². The second-order valence-electron chi connectivity index (χ2n) is 4.16. The molecule has 0 aliphatic carbocycles. The van der Waals surface area contributed by atoms with Gasteiger partial charge in [0.15, 0.2) is 0 Å². The molecular formula is C15H13Cl3S. The molecule has 0 radical (unpaired) electrons. The van der Waals surface area contributed by atoms with Crippen molar-refractivity contribution in [2.24, 2.45) is 0 Å². The largest absolute Gasteiger partial charge is 0.129 e. The summed E-state index contributed by atoms with van der Waals surface area (Å²) in [6.07, 6.45) is 2.79. The molecule has 0 N–H and O–H groups in total. The Morgan fingerprint density at radius 3 is 2.47 bits per heavy atom.